The molecule has 1 heterocycles. The van der Waals surface area contributed by atoms with Gasteiger partial charge >= 0.3 is 0 Å². The van der Waals surface area contributed by atoms with Gasteiger partial charge in [-0.25, -0.2) is 13.6 Å². The van der Waals surface area contributed by atoms with Crippen molar-refractivity contribution in [2.24, 2.45) is 5.14 Å². The summed E-state index contributed by atoms with van der Waals surface area (Å²) in [7, 11) is -3.62. The summed E-state index contributed by atoms with van der Waals surface area (Å²) in [5.41, 5.74) is 2.26. The van der Waals surface area contributed by atoms with Crippen LogP contribution in [0.2, 0.25) is 0 Å². The number of pyridine rings is 1. The van der Waals surface area contributed by atoms with Gasteiger partial charge in [0, 0.05) is 18.4 Å². The average molecular weight is 305 g/mol. The third-order valence-electron chi connectivity index (χ3n) is 3.32. The first-order valence-electron chi connectivity index (χ1n) is 6.72. The van der Waals surface area contributed by atoms with E-state index in [0.29, 0.717) is 0 Å². The van der Waals surface area contributed by atoms with Crippen molar-refractivity contribution in [3.8, 4) is 0 Å². The van der Waals surface area contributed by atoms with Crippen LogP contribution in [0.5, 0.6) is 0 Å². The number of nitrogens with one attached hydrogen (secondary N) is 1. The zero-order valence-electron chi connectivity index (χ0n) is 11.9. The van der Waals surface area contributed by atoms with Crippen molar-refractivity contribution in [3.05, 3.63) is 59.9 Å². The fourth-order valence-electron chi connectivity index (χ4n) is 2.05. The maximum absolute atomic E-state index is 11.2. The summed E-state index contributed by atoms with van der Waals surface area (Å²) in [5.74, 6) is 0. The third kappa shape index (κ3) is 4.63. The first-order chi connectivity index (χ1) is 9.97. The third-order valence-corrected chi connectivity index (χ3v) is 4.25. The highest BCUT2D eigenvalue weighted by atomic mass is 32.2. The van der Waals surface area contributed by atoms with Gasteiger partial charge in [-0.2, -0.15) is 0 Å². The number of aromatic nitrogens is 1. The van der Waals surface area contributed by atoms with Gasteiger partial charge in [0.2, 0.25) is 10.0 Å². The molecule has 1 atom stereocenters. The van der Waals surface area contributed by atoms with Gasteiger partial charge in [-0.05, 0) is 55.3 Å². The molecule has 0 saturated heterocycles. The number of hydrogen-bond donors (Lipinski definition) is 2. The molecule has 1 aromatic carbocycles. The molecule has 0 aliphatic rings. The Balaban J connectivity index is 1.90. The molecule has 0 aliphatic heterocycles. The molecule has 1 unspecified atom stereocenters. The largest absolute Gasteiger partial charge is 0.310 e. The number of nitrogens with two attached hydrogens (primary N) is 1. The van der Waals surface area contributed by atoms with Gasteiger partial charge in [0.1, 0.15) is 0 Å². The Labute approximate surface area is 125 Å². The number of sulfonamides is 1. The van der Waals surface area contributed by atoms with Crippen LogP contribution in [0, 0.1) is 0 Å². The fraction of sp³-hybridized carbons (Fsp3) is 0.267. The van der Waals surface area contributed by atoms with Crippen molar-refractivity contribution >= 4 is 10.0 Å². The molecule has 0 fully saturated rings. The molecule has 0 aliphatic carbocycles. The zero-order valence-corrected chi connectivity index (χ0v) is 12.7. The minimum Gasteiger partial charge on any atom is -0.310 e. The zero-order chi connectivity index (χ0) is 15.3. The standard InChI is InChI=1S/C15H19N3O2S/c1-12(18-11-8-13-6-9-17-10-7-13)14-2-4-15(5-3-14)21(16,19)20/h2-7,9-10,12,18H,8,11H2,1H3,(H2,16,19,20). The average Bonchev–Trinajstić information content (AvgIpc) is 2.47. The Hall–Kier alpha value is -1.76. The van der Waals surface area contributed by atoms with E-state index in [2.05, 4.69) is 10.3 Å². The monoisotopic (exact) mass is 305 g/mol. The Morgan fingerprint density at radius 1 is 1.14 bits per heavy atom. The Morgan fingerprint density at radius 2 is 1.76 bits per heavy atom. The van der Waals surface area contributed by atoms with Gasteiger partial charge < -0.3 is 5.32 Å². The minimum atomic E-state index is -3.62. The van der Waals surface area contributed by atoms with Crippen molar-refractivity contribution in [1.82, 2.24) is 10.3 Å². The van der Waals surface area contributed by atoms with E-state index >= 15 is 0 Å². The lowest BCUT2D eigenvalue weighted by Crippen LogP contribution is -2.21. The van der Waals surface area contributed by atoms with Crippen LogP contribution in [0.15, 0.2) is 53.7 Å². The Kier molecular flexibility index (Phi) is 5.06. The molecule has 0 bridgehead atoms. The summed E-state index contributed by atoms with van der Waals surface area (Å²) < 4.78 is 22.4. The molecule has 6 heteroatoms. The SMILES string of the molecule is CC(NCCc1ccncc1)c1ccc(S(N)(=O)=O)cc1. The minimum absolute atomic E-state index is 0.134. The molecule has 2 rings (SSSR count). The molecule has 21 heavy (non-hydrogen) atoms. The fourth-order valence-corrected chi connectivity index (χ4v) is 2.56. The van der Waals surface area contributed by atoms with Crippen molar-refractivity contribution < 1.29 is 8.42 Å². The van der Waals surface area contributed by atoms with Gasteiger partial charge in [-0.15, -0.1) is 0 Å². The van der Waals surface area contributed by atoms with Crippen molar-refractivity contribution in [1.29, 1.82) is 0 Å². The van der Waals surface area contributed by atoms with Crippen LogP contribution >= 0.6 is 0 Å². The van der Waals surface area contributed by atoms with Crippen LogP contribution in [0.1, 0.15) is 24.1 Å². The van der Waals surface area contributed by atoms with Crippen molar-refractivity contribution in [2.75, 3.05) is 6.54 Å². The molecule has 3 N–H and O–H groups in total. The first-order valence-corrected chi connectivity index (χ1v) is 8.26. The van der Waals surface area contributed by atoms with E-state index in [1.54, 1.807) is 24.5 Å². The maximum Gasteiger partial charge on any atom is 0.238 e. The predicted molar refractivity (Wildman–Crippen MR) is 82.2 cm³/mol. The van der Waals surface area contributed by atoms with E-state index in [1.807, 2.05) is 19.1 Å². The summed E-state index contributed by atoms with van der Waals surface area (Å²) in [6.45, 7) is 2.88. The Morgan fingerprint density at radius 3 is 2.33 bits per heavy atom. The van der Waals surface area contributed by atoms with E-state index in [-0.39, 0.29) is 10.9 Å². The lowest BCUT2D eigenvalue weighted by Gasteiger charge is -2.14. The van der Waals surface area contributed by atoms with Gasteiger partial charge in [-0.1, -0.05) is 12.1 Å². The quantitative estimate of drug-likeness (QED) is 0.849. The molecular weight excluding hydrogens is 286 g/mol. The second-order valence-corrected chi connectivity index (χ2v) is 6.46. The van der Waals surface area contributed by atoms with Gasteiger partial charge in [0.05, 0.1) is 4.90 Å². The summed E-state index contributed by atoms with van der Waals surface area (Å²) in [6, 6.07) is 10.8. The van der Waals surface area contributed by atoms with Crippen LogP contribution < -0.4 is 10.5 Å². The molecular formula is C15H19N3O2S. The summed E-state index contributed by atoms with van der Waals surface area (Å²) in [6.07, 6.45) is 4.48. The molecule has 0 spiro atoms. The highest BCUT2D eigenvalue weighted by Gasteiger charge is 2.09. The lowest BCUT2D eigenvalue weighted by molar-refractivity contribution is 0.575. The number of nitrogens with zero attached hydrogens (tertiary/aromatic N) is 1. The predicted octanol–water partition coefficient (Wildman–Crippen LogP) is 1.62. The number of hydrogen-bond acceptors (Lipinski definition) is 4. The Bertz CT molecular complexity index is 670. The molecule has 0 radical (unpaired) electrons. The normalized spacial score (nSPS) is 13.0. The second-order valence-electron chi connectivity index (χ2n) is 4.90. The summed E-state index contributed by atoms with van der Waals surface area (Å²) >= 11 is 0. The smallest absolute Gasteiger partial charge is 0.238 e. The van der Waals surface area contributed by atoms with Gasteiger partial charge in [0.15, 0.2) is 0 Å². The summed E-state index contributed by atoms with van der Waals surface area (Å²) in [4.78, 5) is 4.12. The van der Waals surface area contributed by atoms with Gasteiger partial charge in [-0.3, -0.25) is 4.98 Å². The van der Waals surface area contributed by atoms with Crippen LogP contribution in [-0.2, 0) is 16.4 Å². The van der Waals surface area contributed by atoms with Gasteiger partial charge in [0.25, 0.3) is 0 Å². The number of benzene rings is 1. The van der Waals surface area contributed by atoms with Crippen LogP contribution in [0.25, 0.3) is 0 Å². The lowest BCUT2D eigenvalue weighted by atomic mass is 10.1. The molecule has 0 saturated carbocycles. The van der Waals surface area contributed by atoms with Crippen LogP contribution in [0.4, 0.5) is 0 Å². The number of rotatable bonds is 6. The first kappa shape index (κ1) is 15.6. The molecule has 2 aromatic rings. The highest BCUT2D eigenvalue weighted by molar-refractivity contribution is 7.89. The van der Waals surface area contributed by atoms with E-state index < -0.39 is 10.0 Å². The van der Waals surface area contributed by atoms with E-state index in [4.69, 9.17) is 5.14 Å². The van der Waals surface area contributed by atoms with E-state index in [0.717, 1.165) is 18.5 Å². The molecule has 1 aromatic heterocycles. The summed E-state index contributed by atoms with van der Waals surface area (Å²) in [5, 5.41) is 8.48. The van der Waals surface area contributed by atoms with Crippen molar-refractivity contribution in [3.63, 3.8) is 0 Å². The van der Waals surface area contributed by atoms with Crippen molar-refractivity contribution in [2.45, 2.75) is 24.3 Å². The van der Waals surface area contributed by atoms with E-state index in [9.17, 15) is 8.42 Å². The molecule has 112 valence electrons. The molecule has 5 nitrogen and oxygen atoms in total. The highest BCUT2D eigenvalue weighted by Crippen LogP contribution is 2.15. The second kappa shape index (κ2) is 6.80. The topological polar surface area (TPSA) is 85.1 Å². The maximum atomic E-state index is 11.2. The van der Waals surface area contributed by atoms with Crippen LogP contribution in [-0.4, -0.2) is 19.9 Å². The number of primary sulfonamides is 1. The van der Waals surface area contributed by atoms with E-state index in [1.165, 1.54) is 17.7 Å². The molecule has 0 amide bonds. The van der Waals surface area contributed by atoms with Crippen LogP contribution in [0.3, 0.4) is 0 Å².